The van der Waals surface area contributed by atoms with Crippen LogP contribution in [0.25, 0.3) is 0 Å². The second kappa shape index (κ2) is 6.10. The molecular weight excluding hydrogens is 298 g/mol. The topological polar surface area (TPSA) is 46.6 Å². The van der Waals surface area contributed by atoms with Crippen molar-refractivity contribution in [3.05, 3.63) is 60.2 Å². The van der Waals surface area contributed by atoms with E-state index < -0.39 is 10.0 Å². The number of ether oxygens (including phenoxy) is 1. The maximum Gasteiger partial charge on any atom is 0.243 e. The summed E-state index contributed by atoms with van der Waals surface area (Å²) >= 11 is 0. The molecule has 2 aromatic carbocycles. The summed E-state index contributed by atoms with van der Waals surface area (Å²) < 4.78 is 32.5. The smallest absolute Gasteiger partial charge is 0.243 e. The van der Waals surface area contributed by atoms with Crippen molar-refractivity contribution in [3.63, 3.8) is 0 Å². The van der Waals surface area contributed by atoms with Crippen molar-refractivity contribution >= 4 is 10.0 Å². The third-order valence-corrected chi connectivity index (χ3v) is 5.98. The van der Waals surface area contributed by atoms with Gasteiger partial charge < -0.3 is 4.74 Å². The molecule has 0 N–H and O–H groups in total. The maximum absolute atomic E-state index is 12.8. The average Bonchev–Trinajstić information content (AvgIpc) is 3.06. The molecule has 0 unspecified atom stereocenters. The molecule has 0 aromatic heterocycles. The number of rotatable bonds is 4. The van der Waals surface area contributed by atoms with Crippen molar-refractivity contribution in [3.8, 4) is 5.75 Å². The molecule has 3 rings (SSSR count). The molecule has 1 aliphatic heterocycles. The minimum absolute atomic E-state index is 0.101. The summed E-state index contributed by atoms with van der Waals surface area (Å²) in [6.45, 7) is 0.563. The van der Waals surface area contributed by atoms with E-state index in [0.717, 1.165) is 24.2 Å². The third-order valence-electron chi connectivity index (χ3n) is 4.05. The fraction of sp³-hybridized carbons (Fsp3) is 0.294. The lowest BCUT2D eigenvalue weighted by molar-refractivity contribution is 0.394. The summed E-state index contributed by atoms with van der Waals surface area (Å²) in [5.41, 5.74) is 1.01. The summed E-state index contributed by atoms with van der Waals surface area (Å²) in [4.78, 5) is 0.357. The Labute approximate surface area is 131 Å². The van der Waals surface area contributed by atoms with E-state index in [4.69, 9.17) is 4.74 Å². The Bertz CT molecular complexity index is 726. The molecule has 22 heavy (non-hydrogen) atoms. The fourth-order valence-corrected chi connectivity index (χ4v) is 4.62. The largest absolute Gasteiger partial charge is 0.497 e. The molecule has 1 heterocycles. The zero-order valence-corrected chi connectivity index (χ0v) is 13.3. The highest BCUT2D eigenvalue weighted by atomic mass is 32.2. The van der Waals surface area contributed by atoms with Gasteiger partial charge in [0, 0.05) is 6.54 Å². The van der Waals surface area contributed by atoms with Gasteiger partial charge in [-0.25, -0.2) is 8.42 Å². The summed E-state index contributed by atoms with van der Waals surface area (Å²) in [5, 5.41) is 0. The van der Waals surface area contributed by atoms with Crippen LogP contribution < -0.4 is 4.74 Å². The number of hydrogen-bond donors (Lipinski definition) is 0. The summed E-state index contributed by atoms with van der Waals surface area (Å²) in [6.07, 6.45) is 1.72. The molecule has 1 atom stereocenters. The van der Waals surface area contributed by atoms with Gasteiger partial charge in [-0.15, -0.1) is 0 Å². The maximum atomic E-state index is 12.8. The van der Waals surface area contributed by atoms with Gasteiger partial charge in [-0.3, -0.25) is 0 Å². The quantitative estimate of drug-likeness (QED) is 0.870. The Kier molecular flexibility index (Phi) is 4.18. The van der Waals surface area contributed by atoms with Gasteiger partial charge in [-0.05, 0) is 42.7 Å². The molecule has 1 fully saturated rings. The second-order valence-electron chi connectivity index (χ2n) is 5.36. The van der Waals surface area contributed by atoms with Gasteiger partial charge in [-0.1, -0.05) is 30.3 Å². The molecule has 0 spiro atoms. The Morgan fingerprint density at radius 2 is 1.73 bits per heavy atom. The molecule has 1 saturated heterocycles. The van der Waals surface area contributed by atoms with Crippen LogP contribution in [0.1, 0.15) is 24.4 Å². The SMILES string of the molecule is COc1ccc([C@H]2CCCN2S(=O)(=O)c2ccccc2)cc1. The number of methoxy groups -OCH3 is 1. The molecule has 0 saturated carbocycles. The molecule has 116 valence electrons. The van der Waals surface area contributed by atoms with Crippen LogP contribution in [-0.2, 0) is 10.0 Å². The van der Waals surface area contributed by atoms with Crippen molar-refractivity contribution in [1.82, 2.24) is 4.31 Å². The van der Waals surface area contributed by atoms with E-state index >= 15 is 0 Å². The number of hydrogen-bond acceptors (Lipinski definition) is 3. The number of nitrogens with zero attached hydrogens (tertiary/aromatic N) is 1. The normalized spacial score (nSPS) is 19.2. The first-order chi connectivity index (χ1) is 10.6. The van der Waals surface area contributed by atoms with Crippen molar-refractivity contribution in [2.75, 3.05) is 13.7 Å². The van der Waals surface area contributed by atoms with Crippen LogP contribution in [0, 0.1) is 0 Å². The predicted molar refractivity (Wildman–Crippen MR) is 85.3 cm³/mol. The molecule has 1 aliphatic rings. The lowest BCUT2D eigenvalue weighted by Crippen LogP contribution is -2.30. The van der Waals surface area contributed by atoms with Gasteiger partial charge in [0.15, 0.2) is 0 Å². The number of sulfonamides is 1. The van der Waals surface area contributed by atoms with Gasteiger partial charge in [0.1, 0.15) is 5.75 Å². The van der Waals surface area contributed by atoms with Crippen LogP contribution in [0.15, 0.2) is 59.5 Å². The molecule has 0 bridgehead atoms. The summed E-state index contributed by atoms with van der Waals surface area (Å²) in [5.74, 6) is 0.777. The van der Waals surface area contributed by atoms with E-state index in [2.05, 4.69) is 0 Å². The van der Waals surface area contributed by atoms with Crippen LogP contribution in [0.2, 0.25) is 0 Å². The van der Waals surface area contributed by atoms with Crippen molar-refractivity contribution in [2.24, 2.45) is 0 Å². The zero-order valence-electron chi connectivity index (χ0n) is 12.5. The minimum atomic E-state index is -3.45. The van der Waals surface area contributed by atoms with Gasteiger partial charge in [-0.2, -0.15) is 4.31 Å². The van der Waals surface area contributed by atoms with Gasteiger partial charge in [0.25, 0.3) is 0 Å². The third kappa shape index (κ3) is 2.74. The lowest BCUT2D eigenvalue weighted by Gasteiger charge is -2.24. The van der Waals surface area contributed by atoms with E-state index in [1.165, 1.54) is 0 Å². The molecule has 2 aromatic rings. The molecule has 5 heteroatoms. The van der Waals surface area contributed by atoms with E-state index in [-0.39, 0.29) is 6.04 Å². The van der Waals surface area contributed by atoms with Crippen molar-refractivity contribution < 1.29 is 13.2 Å². The van der Waals surface area contributed by atoms with Crippen molar-refractivity contribution in [2.45, 2.75) is 23.8 Å². The first-order valence-corrected chi connectivity index (χ1v) is 8.78. The van der Waals surface area contributed by atoms with Gasteiger partial charge in [0.05, 0.1) is 18.0 Å². The molecule has 0 aliphatic carbocycles. The second-order valence-corrected chi connectivity index (χ2v) is 7.25. The standard InChI is InChI=1S/C17H19NO3S/c1-21-15-11-9-14(10-12-15)17-8-5-13-18(17)22(19,20)16-6-3-2-4-7-16/h2-4,6-7,9-12,17H,5,8,13H2,1H3/t17-/m1/s1. The summed E-state index contributed by atoms with van der Waals surface area (Å²) in [6, 6.07) is 16.2. The Hall–Kier alpha value is -1.85. The Morgan fingerprint density at radius 1 is 1.05 bits per heavy atom. The number of benzene rings is 2. The zero-order chi connectivity index (χ0) is 15.6. The summed E-state index contributed by atoms with van der Waals surface area (Å²) in [7, 11) is -1.83. The van der Waals surface area contributed by atoms with Crippen LogP contribution >= 0.6 is 0 Å². The molecular formula is C17H19NO3S. The van der Waals surface area contributed by atoms with Crippen LogP contribution in [0.4, 0.5) is 0 Å². The monoisotopic (exact) mass is 317 g/mol. The first-order valence-electron chi connectivity index (χ1n) is 7.34. The predicted octanol–water partition coefficient (Wildman–Crippen LogP) is 3.22. The fourth-order valence-electron chi connectivity index (χ4n) is 2.91. The first kappa shape index (κ1) is 15.1. The van der Waals surface area contributed by atoms with E-state index in [1.54, 1.807) is 35.7 Å². The highest BCUT2D eigenvalue weighted by Crippen LogP contribution is 2.36. The van der Waals surface area contributed by atoms with Gasteiger partial charge in [0.2, 0.25) is 10.0 Å². The highest BCUT2D eigenvalue weighted by molar-refractivity contribution is 7.89. The molecule has 4 nitrogen and oxygen atoms in total. The molecule has 0 amide bonds. The van der Waals surface area contributed by atoms with Crippen molar-refractivity contribution in [1.29, 1.82) is 0 Å². The van der Waals surface area contributed by atoms with Crippen LogP contribution in [-0.4, -0.2) is 26.4 Å². The molecule has 0 radical (unpaired) electrons. The average molecular weight is 317 g/mol. The highest BCUT2D eigenvalue weighted by Gasteiger charge is 2.35. The minimum Gasteiger partial charge on any atom is -0.497 e. The van der Waals surface area contributed by atoms with E-state index in [1.807, 2.05) is 30.3 Å². The Balaban J connectivity index is 1.92. The Morgan fingerprint density at radius 3 is 2.36 bits per heavy atom. The van der Waals surface area contributed by atoms with E-state index in [9.17, 15) is 8.42 Å². The van der Waals surface area contributed by atoms with E-state index in [0.29, 0.717) is 11.4 Å². The lowest BCUT2D eigenvalue weighted by atomic mass is 10.1. The van der Waals surface area contributed by atoms with Gasteiger partial charge >= 0.3 is 0 Å². The van der Waals surface area contributed by atoms with Crippen LogP contribution in [0.5, 0.6) is 5.75 Å². The van der Waals surface area contributed by atoms with Crippen LogP contribution in [0.3, 0.4) is 0 Å².